The number of nitrogens with zero attached hydrogens (tertiary/aromatic N) is 1. The summed E-state index contributed by atoms with van der Waals surface area (Å²) in [6.45, 7) is 0.533. The summed E-state index contributed by atoms with van der Waals surface area (Å²) in [5.74, 6) is 0. The van der Waals surface area contributed by atoms with Crippen molar-refractivity contribution >= 4 is 11.4 Å². The second kappa shape index (κ2) is 14.8. The van der Waals surface area contributed by atoms with Crippen molar-refractivity contribution in [1.29, 1.82) is 0 Å². The van der Waals surface area contributed by atoms with Crippen LogP contribution in [-0.4, -0.2) is 5.71 Å². The van der Waals surface area contributed by atoms with E-state index in [1.54, 1.807) is 0 Å². The summed E-state index contributed by atoms with van der Waals surface area (Å²) >= 11 is 0. The van der Waals surface area contributed by atoms with E-state index in [-0.39, 0.29) is 0 Å². The van der Waals surface area contributed by atoms with Crippen molar-refractivity contribution in [2.24, 2.45) is 10.7 Å². The van der Waals surface area contributed by atoms with E-state index in [0.29, 0.717) is 12.2 Å². The van der Waals surface area contributed by atoms with Crippen LogP contribution in [0.4, 0.5) is 0 Å². The molecule has 1 aliphatic carbocycles. The summed E-state index contributed by atoms with van der Waals surface area (Å²) in [7, 11) is 0. The van der Waals surface area contributed by atoms with Gasteiger partial charge in [0.25, 0.3) is 0 Å². The third kappa shape index (κ3) is 6.38. The van der Waals surface area contributed by atoms with Crippen LogP contribution < -0.4 is 5.73 Å². The molecule has 0 saturated heterocycles. The van der Waals surface area contributed by atoms with Gasteiger partial charge < -0.3 is 5.73 Å². The molecule has 2 N–H and O–H groups in total. The lowest BCUT2D eigenvalue weighted by molar-refractivity contribution is 0.768. The summed E-state index contributed by atoms with van der Waals surface area (Å²) in [5, 5.41) is 0. The molecule has 2 heteroatoms. The number of allylic oxidation sites excluding steroid dienone is 1. The number of fused-ring (bicyclic) bond motifs is 3. The minimum Gasteiger partial charge on any atom is -0.398 e. The van der Waals surface area contributed by atoms with E-state index in [1.807, 2.05) is 54.6 Å². The monoisotopic (exact) mass is 704 g/mol. The molecule has 0 aliphatic heterocycles. The Balaban J connectivity index is 1.07. The van der Waals surface area contributed by atoms with Gasteiger partial charge in [0, 0.05) is 5.70 Å². The van der Waals surface area contributed by atoms with Gasteiger partial charge in [-0.15, -0.1) is 0 Å². The van der Waals surface area contributed by atoms with E-state index in [0.717, 1.165) is 28.0 Å². The summed E-state index contributed by atoms with van der Waals surface area (Å²) in [6.07, 6.45) is 1.98. The molecular weight excluding hydrogens is 665 g/mol. The fourth-order valence-electron chi connectivity index (χ4n) is 8.22. The summed E-state index contributed by atoms with van der Waals surface area (Å²) < 4.78 is 0. The molecule has 2 nitrogen and oxygen atoms in total. The second-order valence-corrected chi connectivity index (χ2v) is 14.1. The Labute approximate surface area is 323 Å². The van der Waals surface area contributed by atoms with Crippen LogP contribution in [0.5, 0.6) is 0 Å². The molecule has 0 amide bonds. The van der Waals surface area contributed by atoms with Gasteiger partial charge in [0.05, 0.1) is 17.7 Å². The van der Waals surface area contributed by atoms with E-state index in [1.165, 1.54) is 50.1 Å². The maximum Gasteiger partial charge on any atom is 0.0713 e. The first-order chi connectivity index (χ1) is 27.2. The number of hydrogen-bond acceptors (Lipinski definition) is 2. The second-order valence-electron chi connectivity index (χ2n) is 14.1. The maximum absolute atomic E-state index is 6.56. The van der Waals surface area contributed by atoms with Crippen molar-refractivity contribution in [3.05, 3.63) is 257 Å². The molecule has 55 heavy (non-hydrogen) atoms. The molecule has 0 radical (unpaired) electrons. The van der Waals surface area contributed by atoms with Crippen molar-refractivity contribution in [3.63, 3.8) is 0 Å². The topological polar surface area (TPSA) is 38.4 Å². The van der Waals surface area contributed by atoms with Gasteiger partial charge in [-0.25, -0.2) is 0 Å². The predicted octanol–water partition coefficient (Wildman–Crippen LogP) is 12.4. The Morgan fingerprint density at radius 3 is 1.60 bits per heavy atom. The van der Waals surface area contributed by atoms with Crippen molar-refractivity contribution in [3.8, 4) is 33.4 Å². The van der Waals surface area contributed by atoms with E-state index >= 15 is 0 Å². The number of hydrogen-bond donors (Lipinski definition) is 1. The van der Waals surface area contributed by atoms with Crippen molar-refractivity contribution in [1.82, 2.24) is 0 Å². The predicted molar refractivity (Wildman–Crippen MR) is 230 cm³/mol. The van der Waals surface area contributed by atoms with Crippen LogP contribution in [0.2, 0.25) is 0 Å². The molecule has 8 aromatic carbocycles. The zero-order valence-corrected chi connectivity index (χ0v) is 30.5. The molecule has 1 aliphatic rings. The van der Waals surface area contributed by atoms with Gasteiger partial charge in [-0.2, -0.15) is 0 Å². The van der Waals surface area contributed by atoms with Crippen LogP contribution in [0.3, 0.4) is 0 Å². The Morgan fingerprint density at radius 1 is 0.436 bits per heavy atom. The zero-order valence-electron chi connectivity index (χ0n) is 30.5. The average Bonchev–Trinajstić information content (AvgIpc) is 3.57. The molecule has 0 fully saturated rings. The van der Waals surface area contributed by atoms with E-state index < -0.39 is 5.41 Å². The number of aliphatic imine (C=N–C) groups is 1. The number of nitrogens with two attached hydrogens (primary N) is 1. The molecule has 0 spiro atoms. The van der Waals surface area contributed by atoms with Gasteiger partial charge in [0.2, 0.25) is 0 Å². The van der Waals surface area contributed by atoms with Crippen LogP contribution >= 0.6 is 0 Å². The zero-order chi connectivity index (χ0) is 37.0. The van der Waals surface area contributed by atoms with Crippen LogP contribution in [0.15, 0.2) is 223 Å². The van der Waals surface area contributed by atoms with Gasteiger partial charge in [0.15, 0.2) is 0 Å². The lowest BCUT2D eigenvalue weighted by Gasteiger charge is -2.33. The lowest BCUT2D eigenvalue weighted by atomic mass is 9.67. The van der Waals surface area contributed by atoms with Crippen LogP contribution in [-0.2, 0) is 12.0 Å². The van der Waals surface area contributed by atoms with E-state index in [9.17, 15) is 0 Å². The van der Waals surface area contributed by atoms with Gasteiger partial charge in [0.1, 0.15) is 0 Å². The molecule has 0 heterocycles. The molecular formula is C53H40N2. The van der Waals surface area contributed by atoms with Crippen LogP contribution in [0, 0.1) is 0 Å². The third-order valence-corrected chi connectivity index (χ3v) is 10.8. The minimum atomic E-state index is -0.402. The molecule has 0 atom stereocenters. The fraction of sp³-hybridized carbons (Fsp3) is 0.0377. The number of rotatable bonds is 9. The SMILES string of the molecule is N/C(=C\C(=NCc1cccc(-c2cccc(-c3ccc4c(c3)-c3ccccc3C4(c3ccccc3)c3ccccc3)c2)c1)c1ccccc1)c1ccccc1. The average molecular weight is 705 g/mol. The Hall–Kier alpha value is -7.03. The first-order valence-electron chi connectivity index (χ1n) is 18.9. The maximum atomic E-state index is 6.56. The Kier molecular flexibility index (Phi) is 9.07. The van der Waals surface area contributed by atoms with Gasteiger partial charge in [-0.05, 0) is 96.6 Å². The quantitative estimate of drug-likeness (QED) is 0.149. The molecule has 0 saturated carbocycles. The highest BCUT2D eigenvalue weighted by molar-refractivity contribution is 6.12. The highest BCUT2D eigenvalue weighted by Crippen LogP contribution is 2.56. The Morgan fingerprint density at radius 2 is 0.945 bits per heavy atom. The lowest BCUT2D eigenvalue weighted by Crippen LogP contribution is -2.28. The number of benzene rings is 8. The highest BCUT2D eigenvalue weighted by atomic mass is 14.7. The Bertz CT molecular complexity index is 2620. The largest absolute Gasteiger partial charge is 0.398 e. The van der Waals surface area contributed by atoms with Crippen molar-refractivity contribution < 1.29 is 0 Å². The first kappa shape index (κ1) is 33.8. The van der Waals surface area contributed by atoms with Gasteiger partial charge in [-0.1, -0.05) is 194 Å². The van der Waals surface area contributed by atoms with Crippen molar-refractivity contribution in [2.75, 3.05) is 0 Å². The molecule has 0 aromatic heterocycles. The van der Waals surface area contributed by atoms with Gasteiger partial charge in [-0.3, -0.25) is 4.99 Å². The molecule has 8 aromatic rings. The molecule has 0 bridgehead atoms. The fourth-order valence-corrected chi connectivity index (χ4v) is 8.22. The summed E-state index contributed by atoms with van der Waals surface area (Å²) in [6, 6.07) is 75.8. The molecule has 262 valence electrons. The normalized spacial score (nSPS) is 13.2. The van der Waals surface area contributed by atoms with Crippen LogP contribution in [0.1, 0.15) is 38.9 Å². The van der Waals surface area contributed by atoms with E-state index in [4.69, 9.17) is 10.7 Å². The summed E-state index contributed by atoms with van der Waals surface area (Å²) in [4.78, 5) is 5.10. The summed E-state index contributed by atoms with van der Waals surface area (Å²) in [5.41, 5.74) is 23.3. The standard InChI is InChI=1S/C53H40N2/c54-51(39-18-5-1-6-19-39)36-52(40-20-7-2-8-21-40)55-37-38-17-15-22-41(33-38)42-23-16-24-43(34-42)44-31-32-50-48(35-44)47-29-13-14-30-49(47)53(50,45-25-9-3-10-26-45)46-27-11-4-12-28-46/h1-36H,37,54H2/b51-36-,55-52?. The smallest absolute Gasteiger partial charge is 0.0713 e. The van der Waals surface area contributed by atoms with E-state index in [2.05, 4.69) is 164 Å². The highest BCUT2D eigenvalue weighted by Gasteiger charge is 2.45. The third-order valence-electron chi connectivity index (χ3n) is 10.8. The van der Waals surface area contributed by atoms with Gasteiger partial charge >= 0.3 is 0 Å². The van der Waals surface area contributed by atoms with Crippen molar-refractivity contribution in [2.45, 2.75) is 12.0 Å². The first-order valence-corrected chi connectivity index (χ1v) is 18.9. The van der Waals surface area contributed by atoms with Crippen LogP contribution in [0.25, 0.3) is 39.1 Å². The molecule has 9 rings (SSSR count). The minimum absolute atomic E-state index is 0.402. The molecule has 0 unspecified atom stereocenters.